The summed E-state index contributed by atoms with van der Waals surface area (Å²) < 4.78 is 0.985. The number of fused-ring (bicyclic) bond motifs is 1. The SMILES string of the molecule is N#C/C(=C/c1ccccc1Br)c1ccc2ccccc2c1. The fourth-order valence-corrected chi connectivity index (χ4v) is 2.68. The lowest BCUT2D eigenvalue weighted by Gasteiger charge is -2.04. The number of halogens is 1. The molecule has 0 heterocycles. The first-order valence-corrected chi connectivity index (χ1v) is 7.43. The molecule has 0 N–H and O–H groups in total. The minimum atomic E-state index is 0.660. The largest absolute Gasteiger partial charge is 0.192 e. The second kappa shape index (κ2) is 5.95. The van der Waals surface area contributed by atoms with Gasteiger partial charge in [0.15, 0.2) is 0 Å². The molecule has 0 radical (unpaired) electrons. The highest BCUT2D eigenvalue weighted by atomic mass is 79.9. The van der Waals surface area contributed by atoms with Gasteiger partial charge in [-0.3, -0.25) is 0 Å². The number of rotatable bonds is 2. The van der Waals surface area contributed by atoms with E-state index in [9.17, 15) is 5.26 Å². The second-order valence-corrected chi connectivity index (χ2v) is 5.61. The Balaban J connectivity index is 2.10. The average Bonchev–Trinajstić information content (AvgIpc) is 2.54. The van der Waals surface area contributed by atoms with Crippen LogP contribution in [0.25, 0.3) is 22.4 Å². The number of benzene rings is 3. The van der Waals surface area contributed by atoms with E-state index in [0.29, 0.717) is 5.57 Å². The van der Waals surface area contributed by atoms with E-state index in [0.717, 1.165) is 21.0 Å². The summed E-state index contributed by atoms with van der Waals surface area (Å²) in [5.41, 5.74) is 2.60. The maximum atomic E-state index is 9.47. The molecule has 0 aromatic heterocycles. The van der Waals surface area contributed by atoms with Crippen molar-refractivity contribution in [3.05, 3.63) is 82.3 Å². The molecule has 3 rings (SSSR count). The Kier molecular flexibility index (Phi) is 3.85. The smallest absolute Gasteiger partial charge is 0.0998 e. The van der Waals surface area contributed by atoms with Gasteiger partial charge in [-0.05, 0) is 40.1 Å². The molecule has 0 fully saturated rings. The summed E-state index contributed by atoms with van der Waals surface area (Å²) in [6.07, 6.45) is 1.91. The van der Waals surface area contributed by atoms with E-state index in [-0.39, 0.29) is 0 Å². The Labute approximate surface area is 132 Å². The van der Waals surface area contributed by atoms with Crippen LogP contribution in [0.5, 0.6) is 0 Å². The van der Waals surface area contributed by atoms with Crippen LogP contribution in [0.1, 0.15) is 11.1 Å². The van der Waals surface area contributed by atoms with E-state index in [1.807, 2.05) is 48.5 Å². The van der Waals surface area contributed by atoms with Crippen LogP contribution < -0.4 is 0 Å². The third-order valence-corrected chi connectivity index (χ3v) is 4.11. The standard InChI is InChI=1S/C19H12BrN/c20-19-8-4-3-7-17(19)12-18(13-21)16-10-9-14-5-1-2-6-15(14)11-16/h1-12H/b18-12-. The molecule has 0 amide bonds. The van der Waals surface area contributed by atoms with Crippen LogP contribution in [-0.4, -0.2) is 0 Å². The minimum Gasteiger partial charge on any atom is -0.192 e. The first-order chi connectivity index (χ1) is 10.3. The molecule has 0 aliphatic rings. The summed E-state index contributed by atoms with van der Waals surface area (Å²) in [4.78, 5) is 0. The minimum absolute atomic E-state index is 0.660. The van der Waals surface area contributed by atoms with Crippen molar-refractivity contribution in [1.82, 2.24) is 0 Å². The maximum Gasteiger partial charge on any atom is 0.0998 e. The summed E-state index contributed by atoms with van der Waals surface area (Å²) in [5.74, 6) is 0. The summed E-state index contributed by atoms with van der Waals surface area (Å²) in [6.45, 7) is 0. The van der Waals surface area contributed by atoms with E-state index in [2.05, 4.69) is 46.3 Å². The van der Waals surface area contributed by atoms with E-state index >= 15 is 0 Å². The van der Waals surface area contributed by atoms with Crippen molar-refractivity contribution in [2.45, 2.75) is 0 Å². The lowest BCUT2D eigenvalue weighted by atomic mass is 10.0. The normalized spacial score (nSPS) is 11.3. The van der Waals surface area contributed by atoms with Crippen molar-refractivity contribution < 1.29 is 0 Å². The third-order valence-electron chi connectivity index (χ3n) is 3.39. The molecule has 100 valence electrons. The summed E-state index contributed by atoms with van der Waals surface area (Å²) in [6, 6.07) is 24.5. The van der Waals surface area contributed by atoms with E-state index in [4.69, 9.17) is 0 Å². The highest BCUT2D eigenvalue weighted by Crippen LogP contribution is 2.25. The molecule has 0 aliphatic heterocycles. The fraction of sp³-hybridized carbons (Fsp3) is 0. The molecule has 21 heavy (non-hydrogen) atoms. The Morgan fingerprint density at radius 3 is 2.38 bits per heavy atom. The van der Waals surface area contributed by atoms with E-state index in [1.165, 1.54) is 5.39 Å². The predicted molar refractivity (Wildman–Crippen MR) is 91.6 cm³/mol. The zero-order valence-corrected chi connectivity index (χ0v) is 12.8. The molecule has 0 saturated heterocycles. The van der Waals surface area contributed by atoms with Crippen LogP contribution in [0.3, 0.4) is 0 Å². The molecule has 1 nitrogen and oxygen atoms in total. The van der Waals surface area contributed by atoms with Crippen molar-refractivity contribution in [1.29, 1.82) is 5.26 Å². The molecule has 3 aromatic rings. The van der Waals surface area contributed by atoms with Crippen LogP contribution in [0.15, 0.2) is 71.2 Å². The van der Waals surface area contributed by atoms with Gasteiger partial charge in [-0.2, -0.15) is 5.26 Å². The van der Waals surface area contributed by atoms with Gasteiger partial charge in [-0.25, -0.2) is 0 Å². The number of nitrogens with zero attached hydrogens (tertiary/aromatic N) is 1. The van der Waals surface area contributed by atoms with Gasteiger partial charge >= 0.3 is 0 Å². The molecule has 2 heteroatoms. The highest BCUT2D eigenvalue weighted by Gasteiger charge is 2.04. The maximum absolute atomic E-state index is 9.47. The molecule has 0 saturated carbocycles. The summed E-state index contributed by atoms with van der Waals surface area (Å²) >= 11 is 3.51. The Bertz CT molecular complexity index is 872. The quantitative estimate of drug-likeness (QED) is 0.438. The van der Waals surface area contributed by atoms with E-state index in [1.54, 1.807) is 0 Å². The van der Waals surface area contributed by atoms with Gasteiger partial charge in [-0.15, -0.1) is 0 Å². The Morgan fingerprint density at radius 2 is 1.62 bits per heavy atom. The van der Waals surface area contributed by atoms with Gasteiger partial charge in [-0.1, -0.05) is 70.5 Å². The molecular formula is C19H12BrN. The van der Waals surface area contributed by atoms with Gasteiger partial charge in [0.25, 0.3) is 0 Å². The fourth-order valence-electron chi connectivity index (χ4n) is 2.28. The van der Waals surface area contributed by atoms with Crippen molar-refractivity contribution >= 4 is 38.4 Å². The molecule has 0 atom stereocenters. The number of hydrogen-bond acceptors (Lipinski definition) is 1. The van der Waals surface area contributed by atoms with Gasteiger partial charge in [0, 0.05) is 4.47 Å². The lowest BCUT2D eigenvalue weighted by molar-refractivity contribution is 1.52. The first kappa shape index (κ1) is 13.6. The molecular weight excluding hydrogens is 322 g/mol. The lowest BCUT2D eigenvalue weighted by Crippen LogP contribution is -1.84. The number of hydrogen-bond donors (Lipinski definition) is 0. The topological polar surface area (TPSA) is 23.8 Å². The van der Waals surface area contributed by atoms with Crippen LogP contribution in [0, 0.1) is 11.3 Å². The number of allylic oxidation sites excluding steroid dienone is 1. The van der Waals surface area contributed by atoms with Crippen LogP contribution in [0.2, 0.25) is 0 Å². The summed E-state index contributed by atoms with van der Waals surface area (Å²) in [5, 5.41) is 11.8. The van der Waals surface area contributed by atoms with Crippen LogP contribution in [0.4, 0.5) is 0 Å². The molecule has 0 bridgehead atoms. The van der Waals surface area contributed by atoms with Crippen molar-refractivity contribution in [2.24, 2.45) is 0 Å². The molecule has 3 aromatic carbocycles. The van der Waals surface area contributed by atoms with Gasteiger partial charge < -0.3 is 0 Å². The Morgan fingerprint density at radius 1 is 0.905 bits per heavy atom. The second-order valence-electron chi connectivity index (χ2n) is 4.75. The summed E-state index contributed by atoms with van der Waals surface area (Å²) in [7, 11) is 0. The van der Waals surface area contributed by atoms with E-state index < -0.39 is 0 Å². The Hall–Kier alpha value is -2.37. The average molecular weight is 334 g/mol. The third kappa shape index (κ3) is 2.89. The highest BCUT2D eigenvalue weighted by molar-refractivity contribution is 9.10. The van der Waals surface area contributed by atoms with Crippen LogP contribution in [-0.2, 0) is 0 Å². The van der Waals surface area contributed by atoms with Crippen molar-refractivity contribution in [3.8, 4) is 6.07 Å². The van der Waals surface area contributed by atoms with Gasteiger partial charge in [0.1, 0.15) is 0 Å². The van der Waals surface area contributed by atoms with Crippen LogP contribution >= 0.6 is 15.9 Å². The van der Waals surface area contributed by atoms with Gasteiger partial charge in [0.2, 0.25) is 0 Å². The van der Waals surface area contributed by atoms with Crippen molar-refractivity contribution in [2.75, 3.05) is 0 Å². The zero-order valence-electron chi connectivity index (χ0n) is 11.3. The first-order valence-electron chi connectivity index (χ1n) is 6.63. The monoisotopic (exact) mass is 333 g/mol. The zero-order chi connectivity index (χ0) is 14.7. The number of nitriles is 1. The van der Waals surface area contributed by atoms with Crippen molar-refractivity contribution in [3.63, 3.8) is 0 Å². The molecule has 0 aliphatic carbocycles. The predicted octanol–water partition coefficient (Wildman–Crippen LogP) is 5.67. The molecule has 0 unspecified atom stereocenters. The molecule has 0 spiro atoms. The van der Waals surface area contributed by atoms with Gasteiger partial charge in [0.05, 0.1) is 11.6 Å².